The highest BCUT2D eigenvalue weighted by Gasteiger charge is 2.43. The van der Waals surface area contributed by atoms with E-state index in [1.807, 2.05) is 0 Å². The molecule has 2 saturated heterocycles. The molecule has 1 N–H and O–H groups in total. The molecule has 2 aliphatic heterocycles. The van der Waals surface area contributed by atoms with E-state index >= 15 is 0 Å². The van der Waals surface area contributed by atoms with Crippen LogP contribution in [0.4, 0.5) is 18.0 Å². The van der Waals surface area contributed by atoms with Gasteiger partial charge in [0.05, 0.1) is 12.1 Å². The lowest BCUT2D eigenvalue weighted by Crippen LogP contribution is -2.49. The molecular weight excluding hydrogens is 427 g/mol. The van der Waals surface area contributed by atoms with Crippen LogP contribution in [0.2, 0.25) is 0 Å². The average Bonchev–Trinajstić information content (AvgIpc) is 2.97. The van der Waals surface area contributed by atoms with E-state index in [4.69, 9.17) is 4.74 Å². The molecule has 1 aromatic carbocycles. The summed E-state index contributed by atoms with van der Waals surface area (Å²) in [4.78, 5) is 30.2. The van der Waals surface area contributed by atoms with Gasteiger partial charge in [-0.2, -0.15) is 13.2 Å². The molecule has 0 spiro atoms. The second-order valence-electron chi connectivity index (χ2n) is 8.75. The van der Waals surface area contributed by atoms with Gasteiger partial charge in [0.25, 0.3) is 0 Å². The molecule has 176 valence electrons. The minimum atomic E-state index is -4.44. The summed E-state index contributed by atoms with van der Waals surface area (Å²) >= 11 is 0. The van der Waals surface area contributed by atoms with Crippen molar-refractivity contribution < 1.29 is 32.6 Å². The molecule has 32 heavy (non-hydrogen) atoms. The third-order valence-electron chi connectivity index (χ3n) is 6.71. The summed E-state index contributed by atoms with van der Waals surface area (Å²) in [6, 6.07) is 4.04. The molecule has 1 saturated carbocycles. The number of rotatable bonds is 4. The van der Waals surface area contributed by atoms with E-state index in [1.54, 1.807) is 4.90 Å². The zero-order chi connectivity index (χ0) is 22.9. The summed E-state index contributed by atoms with van der Waals surface area (Å²) in [5.74, 6) is -0.00581. The predicted octanol–water partition coefficient (Wildman–Crippen LogP) is 3.29. The van der Waals surface area contributed by atoms with Crippen molar-refractivity contribution in [3.05, 3.63) is 29.8 Å². The lowest BCUT2D eigenvalue weighted by Gasteiger charge is -2.36. The molecule has 2 heterocycles. The van der Waals surface area contributed by atoms with Crippen LogP contribution in [-0.2, 0) is 11.0 Å². The largest absolute Gasteiger partial charge is 0.488 e. The quantitative estimate of drug-likeness (QED) is 0.754. The summed E-state index contributed by atoms with van der Waals surface area (Å²) < 4.78 is 44.0. The van der Waals surface area contributed by atoms with Gasteiger partial charge in [-0.1, -0.05) is 6.42 Å². The number of carbonyl (C=O) groups excluding carboxylic acids is 1. The summed E-state index contributed by atoms with van der Waals surface area (Å²) in [7, 11) is 0. The van der Waals surface area contributed by atoms with E-state index in [1.165, 1.54) is 31.4 Å². The number of nitrogens with zero attached hydrogens (tertiary/aromatic N) is 3. The monoisotopic (exact) mass is 455 g/mol. The number of hydrogen-bond donors (Lipinski definition) is 1. The zero-order valence-electron chi connectivity index (χ0n) is 17.8. The molecule has 1 aliphatic carbocycles. The van der Waals surface area contributed by atoms with Crippen molar-refractivity contribution in [3.63, 3.8) is 0 Å². The van der Waals surface area contributed by atoms with Crippen molar-refractivity contribution >= 4 is 12.0 Å². The minimum absolute atomic E-state index is 0.00516. The van der Waals surface area contributed by atoms with E-state index in [9.17, 15) is 27.9 Å². The predicted molar refractivity (Wildman–Crippen MR) is 109 cm³/mol. The average molecular weight is 455 g/mol. The minimum Gasteiger partial charge on any atom is -0.488 e. The van der Waals surface area contributed by atoms with Gasteiger partial charge in [0, 0.05) is 38.6 Å². The first kappa shape index (κ1) is 22.7. The highest BCUT2D eigenvalue weighted by atomic mass is 19.4. The van der Waals surface area contributed by atoms with Gasteiger partial charge in [-0.15, -0.1) is 0 Å². The first-order valence-electron chi connectivity index (χ1n) is 11.1. The second-order valence-corrected chi connectivity index (χ2v) is 8.75. The van der Waals surface area contributed by atoms with E-state index in [-0.39, 0.29) is 24.6 Å². The van der Waals surface area contributed by atoms with Crippen LogP contribution in [0.5, 0.6) is 5.75 Å². The number of benzene rings is 1. The summed E-state index contributed by atoms with van der Waals surface area (Å²) in [6.07, 6.45) is -1.56. The molecular formula is C22H28F3N3O4. The van der Waals surface area contributed by atoms with Gasteiger partial charge in [0.15, 0.2) is 0 Å². The number of amides is 2. The molecule has 0 bridgehead atoms. The van der Waals surface area contributed by atoms with E-state index in [0.29, 0.717) is 19.1 Å². The number of hydrogen-bond acceptors (Lipinski definition) is 4. The van der Waals surface area contributed by atoms with Gasteiger partial charge in [-0.3, -0.25) is 14.6 Å². The first-order valence-corrected chi connectivity index (χ1v) is 11.1. The fourth-order valence-electron chi connectivity index (χ4n) is 4.73. The van der Waals surface area contributed by atoms with Gasteiger partial charge in [-0.05, 0) is 43.5 Å². The third kappa shape index (κ3) is 4.95. The number of carboxylic acid groups (broad SMARTS) is 1. The molecule has 3 fully saturated rings. The Labute approximate surface area is 184 Å². The van der Waals surface area contributed by atoms with Crippen molar-refractivity contribution in [1.82, 2.24) is 14.7 Å². The van der Waals surface area contributed by atoms with E-state index in [2.05, 4.69) is 4.90 Å². The van der Waals surface area contributed by atoms with Crippen LogP contribution in [0.3, 0.4) is 0 Å². The van der Waals surface area contributed by atoms with Crippen LogP contribution < -0.4 is 4.74 Å². The van der Waals surface area contributed by atoms with Gasteiger partial charge < -0.3 is 14.7 Å². The maximum absolute atomic E-state index is 13.2. The molecule has 0 unspecified atom stereocenters. The number of likely N-dealkylation sites (tertiary alicyclic amines) is 1. The first-order chi connectivity index (χ1) is 15.2. The van der Waals surface area contributed by atoms with Crippen molar-refractivity contribution in [2.45, 2.75) is 56.5 Å². The van der Waals surface area contributed by atoms with Gasteiger partial charge in [0.2, 0.25) is 5.91 Å². The number of ether oxygens (including phenoxy) is 1. The molecule has 0 aromatic heterocycles. The third-order valence-corrected chi connectivity index (χ3v) is 6.71. The maximum atomic E-state index is 13.2. The Morgan fingerprint density at radius 1 is 1.00 bits per heavy atom. The highest BCUT2D eigenvalue weighted by molar-refractivity contribution is 5.86. The smallest absolute Gasteiger partial charge is 0.416 e. The number of halogens is 3. The second kappa shape index (κ2) is 9.17. The molecule has 0 radical (unpaired) electrons. The Morgan fingerprint density at radius 3 is 2.31 bits per heavy atom. The summed E-state index contributed by atoms with van der Waals surface area (Å²) in [5.41, 5.74) is -0.784. The van der Waals surface area contributed by atoms with Crippen molar-refractivity contribution in [1.29, 1.82) is 0 Å². The van der Waals surface area contributed by atoms with Gasteiger partial charge in [0.1, 0.15) is 17.9 Å². The fourth-order valence-corrected chi connectivity index (χ4v) is 4.73. The van der Waals surface area contributed by atoms with E-state index < -0.39 is 30.0 Å². The Morgan fingerprint density at radius 2 is 1.72 bits per heavy atom. The Hall–Kier alpha value is -2.49. The summed E-state index contributed by atoms with van der Waals surface area (Å²) in [6.45, 7) is 2.90. The highest BCUT2D eigenvalue weighted by Crippen LogP contribution is 2.32. The molecule has 1 aromatic rings. The van der Waals surface area contributed by atoms with Gasteiger partial charge >= 0.3 is 12.3 Å². The molecule has 4 rings (SSSR count). The summed E-state index contributed by atoms with van der Waals surface area (Å²) in [5, 5.41) is 9.62. The molecule has 3 aliphatic rings. The molecule has 10 heteroatoms. The Kier molecular flexibility index (Phi) is 6.50. The van der Waals surface area contributed by atoms with Crippen molar-refractivity contribution in [2.75, 3.05) is 32.7 Å². The van der Waals surface area contributed by atoms with Crippen molar-refractivity contribution in [3.8, 4) is 5.75 Å². The topological polar surface area (TPSA) is 73.3 Å². The van der Waals surface area contributed by atoms with Crippen molar-refractivity contribution in [2.24, 2.45) is 0 Å². The number of carbonyl (C=O) groups is 2. The van der Waals surface area contributed by atoms with Crippen LogP contribution >= 0.6 is 0 Å². The Balaban J connectivity index is 1.38. The van der Waals surface area contributed by atoms with Crippen LogP contribution in [0.1, 0.15) is 37.7 Å². The van der Waals surface area contributed by atoms with Crippen LogP contribution in [0.25, 0.3) is 0 Å². The lowest BCUT2D eigenvalue weighted by molar-refractivity contribution is -0.137. The maximum Gasteiger partial charge on any atom is 0.416 e. The standard InChI is InChI=1S/C22H28F3N3O4/c23-22(24,25)15-5-7-17(8-6-15)32-18-13-19(28(14-18)21(30)31)20(29)27-10-2-9-26(11-12-27)16-3-1-4-16/h5-8,16,18-19H,1-4,9-14H2,(H,30,31)/t18-,19+/m0/s1. The van der Waals surface area contributed by atoms with Gasteiger partial charge in [-0.25, -0.2) is 4.79 Å². The lowest BCUT2D eigenvalue weighted by atomic mass is 9.91. The molecule has 2 amide bonds. The van der Waals surface area contributed by atoms with Crippen LogP contribution in [0, 0.1) is 0 Å². The van der Waals surface area contributed by atoms with Crippen LogP contribution in [-0.4, -0.2) is 82.7 Å². The fraction of sp³-hybridized carbons (Fsp3) is 0.636. The molecule has 2 atom stereocenters. The Bertz CT molecular complexity index is 829. The zero-order valence-corrected chi connectivity index (χ0v) is 17.8. The van der Waals surface area contributed by atoms with E-state index in [0.717, 1.165) is 36.5 Å². The SMILES string of the molecule is O=C([C@H]1C[C@H](Oc2ccc(C(F)(F)F)cc2)CN1C(=O)O)N1CCCN(C2CCC2)CC1. The van der Waals surface area contributed by atoms with Crippen LogP contribution in [0.15, 0.2) is 24.3 Å². The molecule has 7 nitrogen and oxygen atoms in total. The normalized spacial score (nSPS) is 25.3. The number of alkyl halides is 3.